The minimum Gasteiger partial charge on any atom is -0.385 e. The first-order valence-electron chi connectivity index (χ1n) is 10.9. The first-order chi connectivity index (χ1) is 15.3. The molecule has 0 aliphatic carbocycles. The summed E-state index contributed by atoms with van der Waals surface area (Å²) >= 11 is 1.59. The van der Waals surface area contributed by atoms with E-state index in [0.29, 0.717) is 19.2 Å². The molecule has 3 aromatic heterocycles. The van der Waals surface area contributed by atoms with Crippen LogP contribution in [0.4, 0.5) is 5.82 Å². The van der Waals surface area contributed by atoms with Gasteiger partial charge in [0.2, 0.25) is 5.95 Å². The van der Waals surface area contributed by atoms with Gasteiger partial charge in [-0.1, -0.05) is 29.8 Å². The molecule has 6 nitrogen and oxygen atoms in total. The van der Waals surface area contributed by atoms with E-state index in [4.69, 9.17) is 14.7 Å². The number of aliphatic hydroxyl groups is 1. The van der Waals surface area contributed by atoms with Gasteiger partial charge in [-0.25, -0.2) is 4.98 Å². The maximum Gasteiger partial charge on any atom is 0.236 e. The summed E-state index contributed by atoms with van der Waals surface area (Å²) < 4.78 is 8.58. The largest absolute Gasteiger partial charge is 0.385 e. The smallest absolute Gasteiger partial charge is 0.236 e. The molecule has 0 bridgehead atoms. The van der Waals surface area contributed by atoms with E-state index in [2.05, 4.69) is 48.4 Å². The Morgan fingerprint density at radius 1 is 1.06 bits per heavy atom. The van der Waals surface area contributed by atoms with E-state index >= 15 is 0 Å². The first kappa shape index (κ1) is 21.1. The van der Waals surface area contributed by atoms with Gasteiger partial charge in [-0.2, -0.15) is 4.98 Å². The van der Waals surface area contributed by atoms with Crippen molar-refractivity contribution in [2.75, 3.05) is 31.2 Å². The second kappa shape index (κ2) is 7.99. The lowest BCUT2D eigenvalue weighted by Gasteiger charge is -2.28. The number of morpholine rings is 1. The molecule has 1 fully saturated rings. The number of benzene rings is 1. The molecule has 0 atom stereocenters. The van der Waals surface area contributed by atoms with Gasteiger partial charge in [0.25, 0.3) is 0 Å². The van der Waals surface area contributed by atoms with Crippen LogP contribution < -0.4 is 4.90 Å². The molecule has 7 heteroatoms. The van der Waals surface area contributed by atoms with E-state index in [0.717, 1.165) is 45.1 Å². The lowest BCUT2D eigenvalue weighted by Crippen LogP contribution is -2.37. The van der Waals surface area contributed by atoms with Crippen LogP contribution in [0.5, 0.6) is 0 Å². The van der Waals surface area contributed by atoms with Crippen LogP contribution in [-0.2, 0) is 10.3 Å². The lowest BCUT2D eigenvalue weighted by atomic mass is 10.0. The molecule has 0 radical (unpaired) electrons. The summed E-state index contributed by atoms with van der Waals surface area (Å²) in [5, 5.41) is 10.7. The van der Waals surface area contributed by atoms with E-state index in [1.54, 1.807) is 11.3 Å². The molecule has 4 aromatic rings. The Morgan fingerprint density at radius 3 is 2.56 bits per heavy atom. The van der Waals surface area contributed by atoms with E-state index in [9.17, 15) is 5.11 Å². The maximum absolute atomic E-state index is 10.7. The molecule has 1 saturated heterocycles. The summed E-state index contributed by atoms with van der Waals surface area (Å²) in [6.45, 7) is 10.8. The zero-order chi connectivity index (χ0) is 22.5. The summed E-state index contributed by atoms with van der Waals surface area (Å²) in [5.41, 5.74) is 4.53. The molecule has 1 aromatic carbocycles. The van der Waals surface area contributed by atoms with Crippen molar-refractivity contribution >= 4 is 27.4 Å². The summed E-state index contributed by atoms with van der Waals surface area (Å²) in [7, 11) is 0. The van der Waals surface area contributed by atoms with Crippen LogP contribution in [-0.4, -0.2) is 45.9 Å². The molecule has 166 valence electrons. The molecule has 4 heterocycles. The molecule has 0 unspecified atom stereocenters. The van der Waals surface area contributed by atoms with Gasteiger partial charge in [-0.3, -0.25) is 4.57 Å². The van der Waals surface area contributed by atoms with E-state index < -0.39 is 5.60 Å². The van der Waals surface area contributed by atoms with Gasteiger partial charge in [0.05, 0.1) is 29.0 Å². The number of thiophene rings is 1. The Bertz CT molecular complexity index is 1280. The monoisotopic (exact) mass is 448 g/mol. The minimum atomic E-state index is -0.927. The topological polar surface area (TPSA) is 63.4 Å². The maximum atomic E-state index is 10.7. The van der Waals surface area contributed by atoms with Crippen molar-refractivity contribution in [2.24, 2.45) is 0 Å². The van der Waals surface area contributed by atoms with Crippen LogP contribution in [0.1, 0.15) is 29.9 Å². The number of fused-ring (bicyclic) bond motifs is 1. The van der Waals surface area contributed by atoms with Gasteiger partial charge in [0, 0.05) is 30.4 Å². The highest BCUT2D eigenvalue weighted by atomic mass is 32.1. The number of aryl methyl sites for hydroxylation is 2. The molecular formula is C25H28N4O2S. The highest BCUT2D eigenvalue weighted by Crippen LogP contribution is 2.41. The summed E-state index contributed by atoms with van der Waals surface area (Å²) in [6.07, 6.45) is 4.10. The summed E-state index contributed by atoms with van der Waals surface area (Å²) in [6, 6.07) is 10.6. The zero-order valence-corrected chi connectivity index (χ0v) is 19.7. The standard InChI is InChI=1S/C25H28N4O2S/c1-16-6-5-7-18(14-16)19-8-9-29(15-19)24-26-20-17(2)22(25(3,4)30)32-21(20)23(27-24)28-10-12-31-13-11-28/h5-9,14-15,30H,10-13H2,1-4H3. The third-order valence-electron chi connectivity index (χ3n) is 5.88. The SMILES string of the molecule is Cc1cccc(-c2ccn(-c3nc(N4CCOCC4)c4sc(C(C)(C)O)c(C)c4n3)c2)c1. The second-order valence-corrected chi connectivity index (χ2v) is 9.94. The van der Waals surface area contributed by atoms with Crippen molar-refractivity contribution in [1.82, 2.24) is 14.5 Å². The molecule has 1 N–H and O–H groups in total. The van der Waals surface area contributed by atoms with Gasteiger partial charge >= 0.3 is 0 Å². The van der Waals surface area contributed by atoms with Gasteiger partial charge < -0.3 is 14.7 Å². The molecule has 1 aliphatic heterocycles. The molecule has 0 saturated carbocycles. The Balaban J connectivity index is 1.66. The molecule has 1 aliphatic rings. The van der Waals surface area contributed by atoms with Crippen molar-refractivity contribution in [3.8, 4) is 17.1 Å². The van der Waals surface area contributed by atoms with E-state index in [1.165, 1.54) is 11.1 Å². The van der Waals surface area contributed by atoms with Crippen LogP contribution in [0.25, 0.3) is 27.3 Å². The van der Waals surface area contributed by atoms with Crippen molar-refractivity contribution in [1.29, 1.82) is 0 Å². The van der Waals surface area contributed by atoms with Gasteiger partial charge in [-0.15, -0.1) is 11.3 Å². The van der Waals surface area contributed by atoms with Crippen LogP contribution in [0.15, 0.2) is 42.7 Å². The molecule has 0 spiro atoms. The predicted molar refractivity (Wildman–Crippen MR) is 130 cm³/mol. The number of ether oxygens (including phenoxy) is 1. The second-order valence-electron chi connectivity index (χ2n) is 8.92. The number of hydrogen-bond acceptors (Lipinski definition) is 6. The van der Waals surface area contributed by atoms with Crippen LogP contribution >= 0.6 is 11.3 Å². The summed E-state index contributed by atoms with van der Waals surface area (Å²) in [4.78, 5) is 13.2. The van der Waals surface area contributed by atoms with Gasteiger partial charge in [0.1, 0.15) is 0 Å². The molecular weight excluding hydrogens is 420 g/mol. The average Bonchev–Trinajstić information content (AvgIpc) is 3.39. The van der Waals surface area contributed by atoms with Crippen molar-refractivity contribution in [3.05, 3.63) is 58.7 Å². The van der Waals surface area contributed by atoms with E-state index in [1.807, 2.05) is 31.5 Å². The fourth-order valence-corrected chi connectivity index (χ4v) is 5.53. The van der Waals surface area contributed by atoms with Gasteiger partial charge in [0.15, 0.2) is 5.82 Å². The van der Waals surface area contributed by atoms with Crippen LogP contribution in [0.2, 0.25) is 0 Å². The van der Waals surface area contributed by atoms with Gasteiger partial charge in [-0.05, 0) is 50.5 Å². The normalized spacial score (nSPS) is 15.0. The number of nitrogens with zero attached hydrogens (tertiary/aromatic N) is 4. The third kappa shape index (κ3) is 3.81. The highest BCUT2D eigenvalue weighted by Gasteiger charge is 2.27. The fraction of sp³-hybridized carbons (Fsp3) is 0.360. The Hall–Kier alpha value is -2.74. The van der Waals surface area contributed by atoms with Crippen LogP contribution in [0, 0.1) is 13.8 Å². The molecule has 0 amide bonds. The van der Waals surface area contributed by atoms with Crippen LogP contribution in [0.3, 0.4) is 0 Å². The number of aromatic nitrogens is 3. The third-order valence-corrected chi connectivity index (χ3v) is 7.47. The molecule has 5 rings (SSSR count). The van der Waals surface area contributed by atoms with Crippen molar-refractivity contribution in [2.45, 2.75) is 33.3 Å². The number of rotatable bonds is 4. The Labute approximate surface area is 192 Å². The summed E-state index contributed by atoms with van der Waals surface area (Å²) in [5.74, 6) is 1.56. The number of anilines is 1. The minimum absolute atomic E-state index is 0.640. The van der Waals surface area contributed by atoms with Crippen molar-refractivity contribution in [3.63, 3.8) is 0 Å². The Kier molecular flexibility index (Phi) is 5.28. The molecule has 32 heavy (non-hydrogen) atoms. The number of hydrogen-bond donors (Lipinski definition) is 1. The highest BCUT2D eigenvalue weighted by molar-refractivity contribution is 7.20. The van der Waals surface area contributed by atoms with E-state index in [-0.39, 0.29) is 0 Å². The zero-order valence-electron chi connectivity index (χ0n) is 18.9. The predicted octanol–water partition coefficient (Wildman–Crippen LogP) is 4.83. The van der Waals surface area contributed by atoms with Crippen molar-refractivity contribution < 1.29 is 9.84 Å². The lowest BCUT2D eigenvalue weighted by molar-refractivity contribution is 0.0820. The fourth-order valence-electron chi connectivity index (χ4n) is 4.27. The average molecular weight is 449 g/mol. The Morgan fingerprint density at radius 2 is 1.84 bits per heavy atom. The first-order valence-corrected chi connectivity index (χ1v) is 11.7. The quantitative estimate of drug-likeness (QED) is 0.484.